The Balaban J connectivity index is 1.29. The van der Waals surface area contributed by atoms with Gasteiger partial charge >= 0.3 is 0 Å². The van der Waals surface area contributed by atoms with Crippen LogP contribution in [0.15, 0.2) is 48.8 Å². The topological polar surface area (TPSA) is 88.5 Å². The molecule has 0 spiro atoms. The summed E-state index contributed by atoms with van der Waals surface area (Å²) in [4.78, 5) is 31.1. The molecule has 1 aromatic heterocycles. The van der Waals surface area contributed by atoms with E-state index in [1.54, 1.807) is 6.33 Å². The summed E-state index contributed by atoms with van der Waals surface area (Å²) in [7, 11) is 0. The predicted molar refractivity (Wildman–Crippen MR) is 120 cm³/mol. The summed E-state index contributed by atoms with van der Waals surface area (Å²) < 4.78 is 21.4. The molecule has 1 fully saturated rings. The first-order valence-electron chi connectivity index (χ1n) is 10.7. The van der Waals surface area contributed by atoms with E-state index in [9.17, 15) is 14.0 Å². The van der Waals surface area contributed by atoms with E-state index in [4.69, 9.17) is 4.74 Å². The van der Waals surface area contributed by atoms with Gasteiger partial charge in [-0.3, -0.25) is 14.5 Å². The number of benzene rings is 2. The smallest absolute Gasteiger partial charge is 0.226 e. The first-order chi connectivity index (χ1) is 15.6. The molecule has 3 aromatic rings. The molecule has 1 aliphatic rings. The summed E-state index contributed by atoms with van der Waals surface area (Å²) in [5, 5.41) is 5.37. The minimum atomic E-state index is -0.549. The van der Waals surface area contributed by atoms with Crippen molar-refractivity contribution in [2.24, 2.45) is 0 Å². The summed E-state index contributed by atoms with van der Waals surface area (Å²) in [5.41, 5.74) is 2.32. The highest BCUT2D eigenvalue weighted by atomic mass is 19.1. The summed E-state index contributed by atoms with van der Waals surface area (Å²) in [5.74, 6) is -1.03. The molecule has 4 rings (SSSR count). The first-order valence-corrected chi connectivity index (χ1v) is 10.7. The normalized spacial score (nSPS) is 14.4. The molecule has 2 amide bonds. The van der Waals surface area contributed by atoms with Gasteiger partial charge in [0.05, 0.1) is 36.3 Å². The van der Waals surface area contributed by atoms with Gasteiger partial charge < -0.3 is 19.9 Å². The second-order valence-corrected chi connectivity index (χ2v) is 7.67. The molecule has 0 saturated carbocycles. The van der Waals surface area contributed by atoms with E-state index in [-0.39, 0.29) is 30.3 Å². The Kier molecular flexibility index (Phi) is 7.08. The van der Waals surface area contributed by atoms with Gasteiger partial charge in [0.2, 0.25) is 11.8 Å². The van der Waals surface area contributed by atoms with Crippen LogP contribution < -0.4 is 10.6 Å². The van der Waals surface area contributed by atoms with E-state index in [1.807, 2.05) is 28.8 Å². The lowest BCUT2D eigenvalue weighted by molar-refractivity contribution is -0.117. The zero-order chi connectivity index (χ0) is 22.3. The van der Waals surface area contributed by atoms with Crippen molar-refractivity contribution in [2.45, 2.75) is 19.4 Å². The number of morpholine rings is 1. The number of carbonyl (C=O) groups excluding carboxylic acids is 2. The number of anilines is 2. The van der Waals surface area contributed by atoms with Gasteiger partial charge in [0.1, 0.15) is 5.82 Å². The van der Waals surface area contributed by atoms with Gasteiger partial charge in [0.15, 0.2) is 0 Å². The number of hydrogen-bond acceptors (Lipinski definition) is 5. The molecular formula is C23H26FN5O3. The van der Waals surface area contributed by atoms with Crippen molar-refractivity contribution < 1.29 is 18.7 Å². The molecule has 9 heteroatoms. The minimum Gasteiger partial charge on any atom is -0.379 e. The third-order valence-electron chi connectivity index (χ3n) is 5.39. The van der Waals surface area contributed by atoms with Crippen molar-refractivity contribution in [3.8, 4) is 0 Å². The van der Waals surface area contributed by atoms with Crippen LogP contribution in [-0.4, -0.2) is 59.1 Å². The van der Waals surface area contributed by atoms with Crippen LogP contribution in [-0.2, 0) is 20.9 Å². The van der Waals surface area contributed by atoms with Crippen LogP contribution in [0.4, 0.5) is 15.8 Å². The van der Waals surface area contributed by atoms with Crippen molar-refractivity contribution in [1.82, 2.24) is 14.5 Å². The average molecular weight is 439 g/mol. The minimum absolute atomic E-state index is 0.0513. The first kappa shape index (κ1) is 21.9. The van der Waals surface area contributed by atoms with E-state index in [2.05, 4.69) is 20.5 Å². The van der Waals surface area contributed by atoms with E-state index in [0.29, 0.717) is 32.0 Å². The second-order valence-electron chi connectivity index (χ2n) is 7.67. The van der Waals surface area contributed by atoms with Crippen molar-refractivity contribution in [3.63, 3.8) is 0 Å². The van der Waals surface area contributed by atoms with Gasteiger partial charge in [-0.15, -0.1) is 0 Å². The highest BCUT2D eigenvalue weighted by Gasteiger charge is 2.14. The fraction of sp³-hybridized carbons (Fsp3) is 0.348. The highest BCUT2D eigenvalue weighted by Crippen LogP contribution is 2.20. The lowest BCUT2D eigenvalue weighted by Crippen LogP contribution is -2.38. The van der Waals surface area contributed by atoms with Gasteiger partial charge in [0, 0.05) is 44.7 Å². The van der Waals surface area contributed by atoms with Gasteiger partial charge in [-0.25, -0.2) is 9.37 Å². The van der Waals surface area contributed by atoms with Gasteiger partial charge in [0.25, 0.3) is 0 Å². The summed E-state index contributed by atoms with van der Waals surface area (Å²) >= 11 is 0. The Morgan fingerprint density at radius 1 is 1.00 bits per heavy atom. The molecule has 0 radical (unpaired) electrons. The highest BCUT2D eigenvalue weighted by molar-refractivity contribution is 5.94. The van der Waals surface area contributed by atoms with Crippen LogP contribution in [0.5, 0.6) is 0 Å². The zero-order valence-electron chi connectivity index (χ0n) is 17.7. The molecule has 0 aliphatic carbocycles. The summed E-state index contributed by atoms with van der Waals surface area (Å²) in [6, 6.07) is 11.9. The number of rotatable bonds is 8. The summed E-state index contributed by atoms with van der Waals surface area (Å²) in [6.07, 6.45) is 2.20. The van der Waals surface area contributed by atoms with Crippen molar-refractivity contribution >= 4 is 34.2 Å². The number of ether oxygens (including phenoxy) is 1. The Morgan fingerprint density at radius 2 is 1.75 bits per heavy atom. The maximum atomic E-state index is 14.2. The number of fused-ring (bicyclic) bond motifs is 1. The van der Waals surface area contributed by atoms with Crippen molar-refractivity contribution in [3.05, 3.63) is 54.6 Å². The molecule has 32 heavy (non-hydrogen) atoms. The quantitative estimate of drug-likeness (QED) is 0.564. The third-order valence-corrected chi connectivity index (χ3v) is 5.39. The molecule has 0 atom stereocenters. The number of imidazole rings is 1. The third kappa shape index (κ3) is 5.68. The van der Waals surface area contributed by atoms with Crippen molar-refractivity contribution in [1.29, 1.82) is 0 Å². The van der Waals surface area contributed by atoms with E-state index in [1.165, 1.54) is 18.2 Å². The maximum absolute atomic E-state index is 14.2. The monoisotopic (exact) mass is 439 g/mol. The average Bonchev–Trinajstić information content (AvgIpc) is 3.22. The number of nitrogens with one attached hydrogen (secondary N) is 2. The number of aromatic nitrogens is 2. The number of amides is 2. The number of aryl methyl sites for hydroxylation is 1. The predicted octanol–water partition coefficient (Wildman–Crippen LogP) is 2.87. The second kappa shape index (κ2) is 10.3. The Labute approximate surface area is 185 Å². The van der Waals surface area contributed by atoms with Crippen LogP contribution in [0, 0.1) is 5.82 Å². The number of hydrogen-bond donors (Lipinski definition) is 2. The molecule has 0 unspecified atom stereocenters. The molecule has 168 valence electrons. The van der Waals surface area contributed by atoms with Crippen LogP contribution in [0.2, 0.25) is 0 Å². The molecule has 2 N–H and O–H groups in total. The van der Waals surface area contributed by atoms with Gasteiger partial charge in [-0.1, -0.05) is 12.1 Å². The molecular weight excluding hydrogens is 413 g/mol. The van der Waals surface area contributed by atoms with Gasteiger partial charge in [-0.2, -0.15) is 0 Å². The van der Waals surface area contributed by atoms with Crippen LogP contribution >= 0.6 is 0 Å². The van der Waals surface area contributed by atoms with Crippen molar-refractivity contribution in [2.75, 3.05) is 43.5 Å². The summed E-state index contributed by atoms with van der Waals surface area (Å²) in [6.45, 7) is 3.97. The van der Waals surface area contributed by atoms with E-state index >= 15 is 0 Å². The Morgan fingerprint density at radius 3 is 2.59 bits per heavy atom. The maximum Gasteiger partial charge on any atom is 0.226 e. The molecule has 2 heterocycles. The molecule has 2 aromatic carbocycles. The number of carbonyl (C=O) groups is 2. The zero-order valence-corrected chi connectivity index (χ0v) is 17.7. The molecule has 1 aliphatic heterocycles. The number of halogens is 1. The fourth-order valence-electron chi connectivity index (χ4n) is 3.63. The molecule has 1 saturated heterocycles. The molecule has 0 bridgehead atoms. The number of nitrogens with zero attached hydrogens (tertiary/aromatic N) is 3. The van der Waals surface area contributed by atoms with Crippen LogP contribution in [0.1, 0.15) is 12.8 Å². The largest absolute Gasteiger partial charge is 0.379 e. The Bertz CT molecular complexity index is 1090. The standard InChI is InChI=1S/C23H26FN5O3/c24-18-6-5-17(15-20(18)27-23(31)7-9-28-11-13-32-14-12-28)26-22(30)8-10-29-16-25-19-3-1-2-4-21(19)29/h1-6,15-16H,7-14H2,(H,26,30)(H,27,31). The van der Waals surface area contributed by atoms with Gasteiger partial charge in [-0.05, 0) is 30.3 Å². The SMILES string of the molecule is O=C(CCn1cnc2ccccc21)Nc1ccc(F)c(NC(=O)CCN2CCOCC2)c1. The van der Waals surface area contributed by atoms with Crippen LogP contribution in [0.3, 0.4) is 0 Å². The van der Waals surface area contributed by atoms with E-state index in [0.717, 1.165) is 24.1 Å². The fourth-order valence-corrected chi connectivity index (χ4v) is 3.63. The molecule has 8 nitrogen and oxygen atoms in total. The van der Waals surface area contributed by atoms with Crippen LogP contribution in [0.25, 0.3) is 11.0 Å². The number of para-hydroxylation sites is 2. The lowest BCUT2D eigenvalue weighted by atomic mass is 10.2. The lowest BCUT2D eigenvalue weighted by Gasteiger charge is -2.26. The van der Waals surface area contributed by atoms with E-state index < -0.39 is 5.82 Å². The Hall–Kier alpha value is -3.30.